The number of methoxy groups -OCH3 is 1. The second-order valence-electron chi connectivity index (χ2n) is 3.73. The molecular formula is C12H18ClFN2O2. The predicted molar refractivity (Wildman–Crippen MR) is 71.7 cm³/mol. The number of hydrogen-bond donors (Lipinski definition) is 2. The van der Waals surface area contributed by atoms with Gasteiger partial charge in [0, 0.05) is 11.8 Å². The molecule has 4 nitrogen and oxygen atoms in total. The summed E-state index contributed by atoms with van der Waals surface area (Å²) in [5.41, 5.74) is 6.01. The van der Waals surface area contributed by atoms with E-state index in [0.29, 0.717) is 12.1 Å². The smallest absolute Gasteiger partial charge is 0.241 e. The van der Waals surface area contributed by atoms with Gasteiger partial charge in [0.25, 0.3) is 0 Å². The van der Waals surface area contributed by atoms with E-state index in [1.54, 1.807) is 6.07 Å². The number of amides is 1. The lowest BCUT2D eigenvalue weighted by Gasteiger charge is -2.11. The van der Waals surface area contributed by atoms with Crippen molar-refractivity contribution in [3.8, 4) is 5.75 Å². The molecule has 0 radical (unpaired) electrons. The highest BCUT2D eigenvalue weighted by atomic mass is 35.5. The number of nitrogens with one attached hydrogen (secondary N) is 1. The first-order valence-corrected chi connectivity index (χ1v) is 5.48. The lowest BCUT2D eigenvalue weighted by molar-refractivity contribution is -0.117. The molecule has 0 spiro atoms. The lowest BCUT2D eigenvalue weighted by Crippen LogP contribution is -2.35. The van der Waals surface area contributed by atoms with E-state index in [4.69, 9.17) is 10.5 Å². The van der Waals surface area contributed by atoms with Crippen molar-refractivity contribution in [1.82, 2.24) is 0 Å². The Bertz CT molecular complexity index is 402. The Morgan fingerprint density at radius 3 is 2.72 bits per heavy atom. The van der Waals surface area contributed by atoms with Crippen LogP contribution in [0.3, 0.4) is 0 Å². The molecule has 1 aromatic carbocycles. The second kappa shape index (κ2) is 7.89. The van der Waals surface area contributed by atoms with Gasteiger partial charge in [0.1, 0.15) is 0 Å². The Hall–Kier alpha value is -1.33. The Balaban J connectivity index is 0.00000289. The predicted octanol–water partition coefficient (Wildman–Crippen LogP) is 2.32. The number of ether oxygens (including phenoxy) is 1. The zero-order valence-corrected chi connectivity index (χ0v) is 11.2. The first-order chi connectivity index (χ1) is 8.08. The summed E-state index contributed by atoms with van der Waals surface area (Å²) >= 11 is 0. The van der Waals surface area contributed by atoms with Gasteiger partial charge < -0.3 is 15.8 Å². The van der Waals surface area contributed by atoms with Gasteiger partial charge in [-0.3, -0.25) is 4.79 Å². The van der Waals surface area contributed by atoms with Gasteiger partial charge in [0.15, 0.2) is 11.6 Å². The molecule has 102 valence electrons. The first kappa shape index (κ1) is 16.7. The Morgan fingerprint density at radius 1 is 1.56 bits per heavy atom. The largest absolute Gasteiger partial charge is 0.494 e. The van der Waals surface area contributed by atoms with Crippen molar-refractivity contribution >= 4 is 24.0 Å². The van der Waals surface area contributed by atoms with Gasteiger partial charge in [-0.2, -0.15) is 0 Å². The van der Waals surface area contributed by atoms with Crippen molar-refractivity contribution < 1.29 is 13.9 Å². The molecule has 1 rings (SSSR count). The van der Waals surface area contributed by atoms with Gasteiger partial charge in [-0.05, 0) is 18.6 Å². The summed E-state index contributed by atoms with van der Waals surface area (Å²) < 4.78 is 18.1. The van der Waals surface area contributed by atoms with Crippen LogP contribution in [-0.4, -0.2) is 19.1 Å². The molecule has 0 saturated heterocycles. The first-order valence-electron chi connectivity index (χ1n) is 5.48. The quantitative estimate of drug-likeness (QED) is 0.867. The van der Waals surface area contributed by atoms with E-state index in [0.717, 1.165) is 6.42 Å². The SMILES string of the molecule is CCCC(N)C(=O)Nc1ccc(OC)c(F)c1.Cl. The monoisotopic (exact) mass is 276 g/mol. The number of anilines is 1. The van der Waals surface area contributed by atoms with Crippen molar-refractivity contribution in [2.24, 2.45) is 5.73 Å². The molecule has 1 unspecified atom stereocenters. The fourth-order valence-corrected chi connectivity index (χ4v) is 1.42. The second-order valence-corrected chi connectivity index (χ2v) is 3.73. The van der Waals surface area contributed by atoms with Crippen LogP contribution in [0.25, 0.3) is 0 Å². The summed E-state index contributed by atoms with van der Waals surface area (Å²) in [6.45, 7) is 1.94. The molecule has 1 atom stereocenters. The average molecular weight is 277 g/mol. The summed E-state index contributed by atoms with van der Waals surface area (Å²) in [6, 6.07) is 3.66. The number of carbonyl (C=O) groups is 1. The Morgan fingerprint density at radius 2 is 2.22 bits per heavy atom. The molecule has 3 N–H and O–H groups in total. The zero-order valence-electron chi connectivity index (χ0n) is 10.4. The molecule has 0 aliphatic heterocycles. The van der Waals surface area contributed by atoms with Gasteiger partial charge in [-0.1, -0.05) is 13.3 Å². The van der Waals surface area contributed by atoms with Gasteiger partial charge in [-0.25, -0.2) is 4.39 Å². The van der Waals surface area contributed by atoms with Crippen LogP contribution in [0.4, 0.5) is 10.1 Å². The van der Waals surface area contributed by atoms with Gasteiger partial charge in [0.2, 0.25) is 5.91 Å². The Labute approximate surface area is 112 Å². The van der Waals surface area contributed by atoms with Crippen LogP contribution in [-0.2, 0) is 4.79 Å². The highest BCUT2D eigenvalue weighted by Gasteiger charge is 2.13. The normalized spacial score (nSPS) is 11.3. The van der Waals surface area contributed by atoms with Crippen molar-refractivity contribution in [3.63, 3.8) is 0 Å². The average Bonchev–Trinajstić information content (AvgIpc) is 2.29. The number of carbonyl (C=O) groups excluding carboxylic acids is 1. The van der Waals surface area contributed by atoms with Crippen LogP contribution in [0.1, 0.15) is 19.8 Å². The number of nitrogens with two attached hydrogens (primary N) is 1. The Kier molecular flexibility index (Phi) is 7.31. The molecule has 0 aliphatic rings. The van der Waals surface area contributed by atoms with Crippen molar-refractivity contribution in [2.45, 2.75) is 25.8 Å². The van der Waals surface area contributed by atoms with Gasteiger partial charge in [-0.15, -0.1) is 12.4 Å². The van der Waals surface area contributed by atoms with Crippen LogP contribution in [0.15, 0.2) is 18.2 Å². The van der Waals surface area contributed by atoms with Crippen molar-refractivity contribution in [1.29, 1.82) is 0 Å². The molecule has 6 heteroatoms. The molecule has 0 saturated carbocycles. The third kappa shape index (κ3) is 4.50. The highest BCUT2D eigenvalue weighted by molar-refractivity contribution is 5.94. The van der Waals surface area contributed by atoms with Crippen LogP contribution in [0.2, 0.25) is 0 Å². The van der Waals surface area contributed by atoms with Gasteiger partial charge in [0.05, 0.1) is 13.2 Å². The zero-order chi connectivity index (χ0) is 12.8. The van der Waals surface area contributed by atoms with Crippen LogP contribution >= 0.6 is 12.4 Å². The third-order valence-corrected chi connectivity index (χ3v) is 2.36. The molecule has 0 heterocycles. The molecule has 0 fully saturated rings. The standard InChI is InChI=1S/C12H17FN2O2.ClH/c1-3-4-10(14)12(16)15-8-5-6-11(17-2)9(13)7-8;/h5-7,10H,3-4,14H2,1-2H3,(H,15,16);1H. The van der Waals surface area contributed by atoms with Crippen LogP contribution in [0, 0.1) is 5.82 Å². The fraction of sp³-hybridized carbons (Fsp3) is 0.417. The molecule has 1 amide bonds. The van der Waals surface area contributed by atoms with Crippen LogP contribution < -0.4 is 15.8 Å². The minimum atomic E-state index is -0.565. The number of halogens is 2. The fourth-order valence-electron chi connectivity index (χ4n) is 1.42. The summed E-state index contributed by atoms with van der Waals surface area (Å²) in [5.74, 6) is -0.688. The summed E-state index contributed by atoms with van der Waals surface area (Å²) in [7, 11) is 1.38. The molecule has 0 aromatic heterocycles. The maximum Gasteiger partial charge on any atom is 0.241 e. The van der Waals surface area contributed by atoms with E-state index >= 15 is 0 Å². The number of hydrogen-bond acceptors (Lipinski definition) is 3. The summed E-state index contributed by atoms with van der Waals surface area (Å²) in [4.78, 5) is 11.6. The van der Waals surface area contributed by atoms with E-state index in [1.807, 2.05) is 6.92 Å². The van der Waals surface area contributed by atoms with E-state index in [2.05, 4.69) is 5.32 Å². The number of rotatable bonds is 5. The minimum absolute atomic E-state index is 0. The minimum Gasteiger partial charge on any atom is -0.494 e. The number of benzene rings is 1. The lowest BCUT2D eigenvalue weighted by atomic mass is 10.1. The highest BCUT2D eigenvalue weighted by Crippen LogP contribution is 2.20. The van der Waals surface area contributed by atoms with Crippen molar-refractivity contribution in [3.05, 3.63) is 24.0 Å². The summed E-state index contributed by atoms with van der Waals surface area (Å²) in [5, 5.41) is 2.56. The van der Waals surface area contributed by atoms with E-state index in [1.165, 1.54) is 19.2 Å². The molecular weight excluding hydrogens is 259 g/mol. The van der Waals surface area contributed by atoms with E-state index in [9.17, 15) is 9.18 Å². The third-order valence-electron chi connectivity index (χ3n) is 2.36. The van der Waals surface area contributed by atoms with Gasteiger partial charge >= 0.3 is 0 Å². The maximum absolute atomic E-state index is 13.3. The molecule has 0 bridgehead atoms. The van der Waals surface area contributed by atoms with E-state index < -0.39 is 11.9 Å². The van der Waals surface area contributed by atoms with Crippen molar-refractivity contribution in [2.75, 3.05) is 12.4 Å². The summed E-state index contributed by atoms with van der Waals surface area (Å²) in [6.07, 6.45) is 1.43. The molecule has 0 aliphatic carbocycles. The van der Waals surface area contributed by atoms with Crippen LogP contribution in [0.5, 0.6) is 5.75 Å². The molecule has 18 heavy (non-hydrogen) atoms. The topological polar surface area (TPSA) is 64.4 Å². The molecule has 1 aromatic rings. The maximum atomic E-state index is 13.3. The van der Waals surface area contributed by atoms with E-state index in [-0.39, 0.29) is 24.1 Å².